The van der Waals surface area contributed by atoms with Crippen LogP contribution in [0.3, 0.4) is 0 Å². The predicted molar refractivity (Wildman–Crippen MR) is 323 cm³/mol. The van der Waals surface area contributed by atoms with Crippen LogP contribution >= 0.6 is 0 Å². The number of nitrogens with one attached hydrogen (secondary N) is 1. The third-order valence-corrected chi connectivity index (χ3v) is 17.3. The molecule has 2 aliphatic heterocycles. The molecule has 476 valence electrons. The lowest BCUT2D eigenvalue weighted by Gasteiger charge is -2.46. The molecule has 12 unspecified atom stereocenters. The van der Waals surface area contributed by atoms with Crippen molar-refractivity contribution in [1.82, 2.24) is 5.32 Å². The van der Waals surface area contributed by atoms with Gasteiger partial charge in [-0.15, -0.1) is 0 Å². The molecule has 2 saturated heterocycles. The van der Waals surface area contributed by atoms with Gasteiger partial charge in [-0.2, -0.15) is 0 Å². The van der Waals surface area contributed by atoms with Crippen molar-refractivity contribution in [2.75, 3.05) is 19.8 Å². The summed E-state index contributed by atoms with van der Waals surface area (Å²) < 4.78 is 22.9. The lowest BCUT2D eigenvalue weighted by Crippen LogP contribution is -2.65. The van der Waals surface area contributed by atoms with Gasteiger partial charge in [-0.1, -0.05) is 303 Å². The summed E-state index contributed by atoms with van der Waals surface area (Å²) in [6.45, 7) is 2.92. The second-order valence-electron chi connectivity index (χ2n) is 24.7. The van der Waals surface area contributed by atoms with Gasteiger partial charge >= 0.3 is 0 Å². The molecule has 0 bridgehead atoms. The molecule has 1 amide bonds. The molecule has 0 saturated carbocycles. The third kappa shape index (κ3) is 36.7. The molecule has 14 heteroatoms. The fourth-order valence-electron chi connectivity index (χ4n) is 11.8. The molecule has 2 fully saturated rings. The van der Waals surface area contributed by atoms with Gasteiger partial charge in [0.15, 0.2) is 12.6 Å². The molecule has 0 aromatic rings. The zero-order chi connectivity index (χ0) is 58.1. The Labute approximate surface area is 489 Å². The van der Waals surface area contributed by atoms with Crippen LogP contribution in [0.2, 0.25) is 0 Å². The maximum absolute atomic E-state index is 13.3. The Hall–Kier alpha value is -1.01. The van der Waals surface area contributed by atoms with E-state index in [4.69, 9.17) is 18.9 Å². The quantitative estimate of drug-likeness (QED) is 0.0259. The molecule has 9 N–H and O–H groups in total. The second kappa shape index (κ2) is 52.3. The lowest BCUT2D eigenvalue weighted by atomic mass is 9.97. The van der Waals surface area contributed by atoms with Gasteiger partial charge in [0, 0.05) is 6.42 Å². The number of hydrogen-bond acceptors (Lipinski definition) is 13. The molecule has 2 aliphatic rings. The van der Waals surface area contributed by atoms with Crippen LogP contribution < -0.4 is 5.32 Å². The SMILES string of the molecule is CCCCCCCCCCCCCCCCCCCCCCCCCCCCC(O)C(COC1OC(CO)C(OC2OC(CO)C(O)C(O)C2O)C(O)C1O)NC(=O)CCCCCCCCCCCCCCCCCCCCCC. The number of unbranched alkanes of at least 4 members (excludes halogenated alkanes) is 44. The van der Waals surface area contributed by atoms with Crippen LogP contribution in [0.1, 0.15) is 322 Å². The van der Waals surface area contributed by atoms with Crippen LogP contribution in [0.5, 0.6) is 0 Å². The highest BCUT2D eigenvalue weighted by atomic mass is 16.7. The first-order chi connectivity index (χ1) is 39.1. The van der Waals surface area contributed by atoms with Crippen molar-refractivity contribution in [2.24, 2.45) is 0 Å². The number of rotatable bonds is 57. The van der Waals surface area contributed by atoms with Gasteiger partial charge < -0.3 is 65.1 Å². The number of carbonyl (C=O) groups excluding carboxylic acids is 1. The van der Waals surface area contributed by atoms with E-state index in [9.17, 15) is 45.6 Å². The molecule has 80 heavy (non-hydrogen) atoms. The minimum atomic E-state index is -1.78. The molecule has 2 rings (SSSR count). The molecule has 0 radical (unpaired) electrons. The van der Waals surface area contributed by atoms with Gasteiger partial charge in [0.1, 0.15) is 48.8 Å². The standard InChI is InChI=1S/C66H129NO13/c1-3-5-7-9-11-13-15-17-19-21-23-25-26-27-28-29-30-31-33-35-37-39-41-43-45-47-49-55(70)54(67-58(71)50-48-46-44-42-40-38-36-34-32-24-22-20-18-16-14-12-10-8-6-4-2)53-77-65-63(76)61(74)64(57(52-69)79-65)80-66-62(75)60(73)59(72)56(51-68)78-66/h54-57,59-66,68-70,72-76H,3-53H2,1-2H3,(H,67,71). The number of hydrogen-bond donors (Lipinski definition) is 9. The number of amides is 1. The molecule has 2 heterocycles. The van der Waals surface area contributed by atoms with Crippen LogP contribution in [-0.2, 0) is 23.7 Å². The Balaban J connectivity index is 1.68. The molecule has 12 atom stereocenters. The number of ether oxygens (including phenoxy) is 4. The van der Waals surface area contributed by atoms with Crippen molar-refractivity contribution in [3.63, 3.8) is 0 Å². The highest BCUT2D eigenvalue weighted by molar-refractivity contribution is 5.76. The van der Waals surface area contributed by atoms with Gasteiger partial charge in [-0.05, 0) is 12.8 Å². The van der Waals surface area contributed by atoms with Crippen LogP contribution in [-0.4, -0.2) is 140 Å². The number of carbonyl (C=O) groups is 1. The van der Waals surface area contributed by atoms with Crippen molar-refractivity contribution in [2.45, 2.75) is 396 Å². The summed E-state index contributed by atoms with van der Waals surface area (Å²) in [6, 6.07) is -0.824. The largest absolute Gasteiger partial charge is 0.394 e. The van der Waals surface area contributed by atoms with E-state index in [2.05, 4.69) is 19.2 Å². The van der Waals surface area contributed by atoms with E-state index < -0.39 is 86.8 Å². The first-order valence-corrected chi connectivity index (χ1v) is 34.3. The van der Waals surface area contributed by atoms with Crippen molar-refractivity contribution in [1.29, 1.82) is 0 Å². The van der Waals surface area contributed by atoms with E-state index in [1.165, 1.54) is 244 Å². The van der Waals surface area contributed by atoms with E-state index in [-0.39, 0.29) is 12.5 Å². The minimum Gasteiger partial charge on any atom is -0.394 e. The third-order valence-electron chi connectivity index (χ3n) is 17.3. The van der Waals surface area contributed by atoms with E-state index in [1.807, 2.05) is 0 Å². The van der Waals surface area contributed by atoms with Gasteiger partial charge in [-0.3, -0.25) is 4.79 Å². The Kier molecular flexibility index (Phi) is 49.1. The maximum Gasteiger partial charge on any atom is 0.220 e. The molecule has 0 spiro atoms. The number of aliphatic hydroxyl groups excluding tert-OH is 8. The van der Waals surface area contributed by atoms with Crippen molar-refractivity contribution >= 4 is 5.91 Å². The normalized spacial score (nSPS) is 24.1. The zero-order valence-electron chi connectivity index (χ0n) is 51.6. The topological polar surface area (TPSA) is 228 Å². The summed E-state index contributed by atoms with van der Waals surface area (Å²) in [5, 5.41) is 87.5. The Morgan fingerprint density at radius 2 is 0.713 bits per heavy atom. The lowest BCUT2D eigenvalue weighted by molar-refractivity contribution is -0.359. The van der Waals surface area contributed by atoms with Crippen molar-refractivity contribution in [3.8, 4) is 0 Å². The fraction of sp³-hybridized carbons (Fsp3) is 0.985. The molecule has 0 aromatic carbocycles. The summed E-state index contributed by atoms with van der Waals surface area (Å²) in [7, 11) is 0. The molecular weight excluding hydrogens is 1010 g/mol. The number of aliphatic hydroxyl groups is 8. The van der Waals surface area contributed by atoms with E-state index in [0.717, 1.165) is 51.4 Å². The minimum absolute atomic E-state index is 0.198. The van der Waals surface area contributed by atoms with E-state index in [1.54, 1.807) is 0 Å². The van der Waals surface area contributed by atoms with Crippen LogP contribution in [0.4, 0.5) is 0 Å². The van der Waals surface area contributed by atoms with E-state index in [0.29, 0.717) is 12.8 Å². The van der Waals surface area contributed by atoms with Gasteiger partial charge in [-0.25, -0.2) is 0 Å². The summed E-state index contributed by atoms with van der Waals surface area (Å²) in [5.74, 6) is -0.198. The van der Waals surface area contributed by atoms with Crippen LogP contribution in [0, 0.1) is 0 Å². The average Bonchev–Trinajstić information content (AvgIpc) is 3.46. The molecule has 0 aromatic heterocycles. The van der Waals surface area contributed by atoms with Crippen molar-refractivity contribution < 1.29 is 64.6 Å². The molecule has 0 aliphatic carbocycles. The van der Waals surface area contributed by atoms with Crippen molar-refractivity contribution in [3.05, 3.63) is 0 Å². The molecular formula is C66H129NO13. The zero-order valence-corrected chi connectivity index (χ0v) is 51.6. The van der Waals surface area contributed by atoms with Crippen LogP contribution in [0.15, 0.2) is 0 Å². The van der Waals surface area contributed by atoms with Gasteiger partial charge in [0.2, 0.25) is 5.91 Å². The highest BCUT2D eigenvalue weighted by Crippen LogP contribution is 2.30. The maximum atomic E-state index is 13.3. The van der Waals surface area contributed by atoms with Crippen LogP contribution in [0.25, 0.3) is 0 Å². The average molecular weight is 1140 g/mol. The Morgan fingerprint density at radius 3 is 1.06 bits per heavy atom. The first-order valence-electron chi connectivity index (χ1n) is 34.3. The predicted octanol–water partition coefficient (Wildman–Crippen LogP) is 13.2. The molecule has 14 nitrogen and oxygen atoms in total. The highest BCUT2D eigenvalue weighted by Gasteiger charge is 2.51. The smallest absolute Gasteiger partial charge is 0.220 e. The Morgan fingerprint density at radius 1 is 0.400 bits per heavy atom. The van der Waals surface area contributed by atoms with Gasteiger partial charge in [0.05, 0.1) is 32.0 Å². The monoisotopic (exact) mass is 1140 g/mol. The first kappa shape index (κ1) is 75.1. The summed E-state index contributed by atoms with van der Waals surface area (Å²) in [6.07, 6.45) is 44.0. The summed E-state index contributed by atoms with van der Waals surface area (Å²) >= 11 is 0. The van der Waals surface area contributed by atoms with Gasteiger partial charge in [0.25, 0.3) is 0 Å². The summed E-state index contributed by atoms with van der Waals surface area (Å²) in [5.41, 5.74) is 0. The van der Waals surface area contributed by atoms with E-state index >= 15 is 0 Å². The second-order valence-corrected chi connectivity index (χ2v) is 24.7. The fourth-order valence-corrected chi connectivity index (χ4v) is 11.8. The Bertz CT molecular complexity index is 1350. The summed E-state index contributed by atoms with van der Waals surface area (Å²) in [4.78, 5) is 13.3.